The molecule has 188 valence electrons. The topological polar surface area (TPSA) is 65.4 Å². The minimum atomic E-state index is -0.300. The van der Waals surface area contributed by atoms with Crippen LogP contribution < -0.4 is 10.6 Å². The smallest absolute Gasteiger partial charge is 0.259 e. The number of nitrogens with zero attached hydrogens (tertiary/aromatic N) is 2. The second kappa shape index (κ2) is 9.91. The van der Waals surface area contributed by atoms with Gasteiger partial charge in [-0.1, -0.05) is 44.0 Å². The maximum Gasteiger partial charge on any atom is 0.259 e. The van der Waals surface area contributed by atoms with E-state index in [4.69, 9.17) is 5.73 Å². The number of H-pyrrole nitrogens is 1. The first-order chi connectivity index (χ1) is 17.6. The van der Waals surface area contributed by atoms with Crippen molar-refractivity contribution in [2.45, 2.75) is 57.4 Å². The maximum atomic E-state index is 12.7. The molecule has 4 aromatic rings. The van der Waals surface area contributed by atoms with Gasteiger partial charge in [0, 0.05) is 59.7 Å². The molecule has 0 radical (unpaired) electrons. The van der Waals surface area contributed by atoms with E-state index in [1.165, 1.54) is 45.1 Å². The Balaban J connectivity index is 1.34. The van der Waals surface area contributed by atoms with E-state index >= 15 is 0 Å². The fourth-order valence-electron chi connectivity index (χ4n) is 6.04. The number of carbonyl (C=O) groups is 1. The molecule has 5 nitrogen and oxygen atoms in total. The van der Waals surface area contributed by atoms with Crippen LogP contribution in [0.5, 0.6) is 0 Å². The summed E-state index contributed by atoms with van der Waals surface area (Å²) in [6.45, 7) is 6.67. The number of nitrogens with one attached hydrogen (secondary N) is 1. The lowest BCUT2D eigenvalue weighted by molar-refractivity contribution is 0.100. The molecule has 1 amide bonds. The van der Waals surface area contributed by atoms with Crippen LogP contribution in [0, 0.1) is 0 Å². The summed E-state index contributed by atoms with van der Waals surface area (Å²) in [5.74, 6) is -0.0421. The second-order valence-electron chi connectivity index (χ2n) is 10.5. The summed E-state index contributed by atoms with van der Waals surface area (Å²) in [5.41, 5.74) is 10.9. The van der Waals surface area contributed by atoms with E-state index in [9.17, 15) is 4.79 Å². The van der Waals surface area contributed by atoms with Crippen LogP contribution in [0.25, 0.3) is 21.0 Å². The van der Waals surface area contributed by atoms with Crippen LogP contribution in [-0.2, 0) is 6.42 Å². The van der Waals surface area contributed by atoms with Crippen molar-refractivity contribution >= 4 is 43.9 Å². The van der Waals surface area contributed by atoms with Gasteiger partial charge < -0.3 is 15.6 Å². The molecule has 0 spiro atoms. The Morgan fingerprint density at radius 3 is 2.67 bits per heavy atom. The molecule has 36 heavy (non-hydrogen) atoms. The normalized spacial score (nSPS) is 17.8. The van der Waals surface area contributed by atoms with Crippen LogP contribution in [-0.4, -0.2) is 48.0 Å². The van der Waals surface area contributed by atoms with Gasteiger partial charge in [-0.2, -0.15) is 0 Å². The third-order valence-corrected chi connectivity index (χ3v) is 9.32. The van der Waals surface area contributed by atoms with Crippen molar-refractivity contribution in [2.24, 2.45) is 5.73 Å². The first-order valence-corrected chi connectivity index (χ1v) is 14.3. The largest absolute Gasteiger partial charge is 0.369 e. The molecule has 6 heteroatoms. The van der Waals surface area contributed by atoms with E-state index < -0.39 is 0 Å². The summed E-state index contributed by atoms with van der Waals surface area (Å²) in [5, 5.41) is 2.47. The number of unbranched alkanes of at least 4 members (excludes halogenated alkanes) is 1. The van der Waals surface area contributed by atoms with Crippen molar-refractivity contribution in [3.05, 3.63) is 64.7 Å². The average molecular weight is 501 g/mol. The van der Waals surface area contributed by atoms with Crippen molar-refractivity contribution < 1.29 is 4.79 Å². The van der Waals surface area contributed by atoms with Gasteiger partial charge in [-0.15, -0.1) is 11.3 Å². The van der Waals surface area contributed by atoms with E-state index in [0.29, 0.717) is 0 Å². The van der Waals surface area contributed by atoms with Gasteiger partial charge in [0.2, 0.25) is 0 Å². The highest BCUT2D eigenvalue weighted by atomic mass is 32.1. The van der Waals surface area contributed by atoms with Crippen LogP contribution in [0.15, 0.2) is 48.7 Å². The highest BCUT2D eigenvalue weighted by Gasteiger charge is 2.31. The minimum absolute atomic E-state index is 0.258. The van der Waals surface area contributed by atoms with Crippen molar-refractivity contribution in [1.82, 2.24) is 9.88 Å². The van der Waals surface area contributed by atoms with Gasteiger partial charge >= 0.3 is 0 Å². The van der Waals surface area contributed by atoms with E-state index in [1.54, 1.807) is 11.3 Å². The first kappa shape index (κ1) is 23.6. The molecule has 2 fully saturated rings. The molecule has 1 saturated carbocycles. The zero-order valence-corrected chi connectivity index (χ0v) is 21.9. The number of hydrogen-bond donors (Lipinski definition) is 2. The third kappa shape index (κ3) is 4.53. The number of anilines is 1. The number of thiophene rings is 1. The van der Waals surface area contributed by atoms with Gasteiger partial charge in [0.15, 0.2) is 0 Å². The number of nitrogens with two attached hydrogens (primary N) is 1. The fourth-order valence-corrected chi connectivity index (χ4v) is 7.21. The van der Waals surface area contributed by atoms with Gasteiger partial charge in [-0.3, -0.25) is 9.69 Å². The van der Waals surface area contributed by atoms with Crippen LogP contribution in [0.1, 0.15) is 65.7 Å². The molecule has 1 aliphatic carbocycles. The molecule has 2 aromatic carbocycles. The molecule has 1 aliphatic heterocycles. The quantitative estimate of drug-likeness (QED) is 0.284. The Hall–Kier alpha value is -2.83. The molecule has 2 aromatic heterocycles. The number of hydrogen-bond acceptors (Lipinski definition) is 4. The fraction of sp³-hybridized carbons (Fsp3) is 0.433. The zero-order chi connectivity index (χ0) is 24.6. The van der Waals surface area contributed by atoms with Crippen molar-refractivity contribution in [2.75, 3.05) is 31.1 Å². The summed E-state index contributed by atoms with van der Waals surface area (Å²) in [6.07, 6.45) is 9.10. The number of amides is 1. The van der Waals surface area contributed by atoms with Crippen molar-refractivity contribution in [3.63, 3.8) is 0 Å². The van der Waals surface area contributed by atoms with E-state index in [1.807, 2.05) is 0 Å². The number of benzene rings is 2. The number of piperazine rings is 1. The Labute approximate surface area is 217 Å². The van der Waals surface area contributed by atoms with Crippen LogP contribution >= 0.6 is 11.3 Å². The Kier molecular flexibility index (Phi) is 6.48. The maximum absolute atomic E-state index is 12.7. The summed E-state index contributed by atoms with van der Waals surface area (Å²) in [7, 11) is 0. The SMILES string of the molecule is CCCCC(Cc1c[nH]c2ccccc12)c1c(C(N)=O)sc2cc(N3CCN(C4CC4)CC3)ccc12. The van der Waals surface area contributed by atoms with Gasteiger partial charge in [0.05, 0.1) is 4.88 Å². The minimum Gasteiger partial charge on any atom is -0.369 e. The van der Waals surface area contributed by atoms with E-state index in [2.05, 4.69) is 70.4 Å². The van der Waals surface area contributed by atoms with Gasteiger partial charge in [0.1, 0.15) is 0 Å². The number of carbonyl (C=O) groups excluding carboxylic acids is 1. The molecule has 1 atom stereocenters. The monoisotopic (exact) mass is 500 g/mol. The number of primary amides is 1. The first-order valence-electron chi connectivity index (χ1n) is 13.5. The highest BCUT2D eigenvalue weighted by molar-refractivity contribution is 7.21. The number of fused-ring (bicyclic) bond motifs is 2. The Morgan fingerprint density at radius 1 is 1.11 bits per heavy atom. The Bertz CT molecular complexity index is 1380. The molecule has 1 saturated heterocycles. The number of aromatic nitrogens is 1. The summed E-state index contributed by atoms with van der Waals surface area (Å²) in [4.78, 5) is 22.0. The third-order valence-electron chi connectivity index (χ3n) is 8.13. The number of para-hydroxylation sites is 1. The zero-order valence-electron chi connectivity index (χ0n) is 21.1. The molecule has 3 heterocycles. The van der Waals surface area contributed by atoms with Gasteiger partial charge in [-0.05, 0) is 66.3 Å². The Morgan fingerprint density at radius 2 is 1.92 bits per heavy atom. The predicted molar refractivity (Wildman–Crippen MR) is 151 cm³/mol. The van der Waals surface area contributed by atoms with Crippen molar-refractivity contribution in [3.8, 4) is 0 Å². The molecular formula is C30H36N4OS. The summed E-state index contributed by atoms with van der Waals surface area (Å²) < 4.78 is 1.18. The second-order valence-corrected chi connectivity index (χ2v) is 11.6. The predicted octanol–water partition coefficient (Wildman–Crippen LogP) is 6.28. The summed E-state index contributed by atoms with van der Waals surface area (Å²) in [6, 6.07) is 16.1. The lowest BCUT2D eigenvalue weighted by Crippen LogP contribution is -2.47. The molecule has 3 N–H and O–H groups in total. The van der Waals surface area contributed by atoms with E-state index in [0.717, 1.165) is 68.3 Å². The van der Waals surface area contributed by atoms with Crippen LogP contribution in [0.3, 0.4) is 0 Å². The standard InChI is InChI=1S/C30H36N4OS/c1-2-3-6-20(17-21-19-32-26-8-5-4-7-24(21)26)28-25-12-11-23(18-27(25)36-29(28)30(31)35)34-15-13-33(14-16-34)22-9-10-22/h4-5,7-8,11-12,18-20,22,32H,2-3,6,9-10,13-17H2,1H3,(H2,31,35). The van der Waals surface area contributed by atoms with Crippen molar-refractivity contribution in [1.29, 1.82) is 0 Å². The average Bonchev–Trinajstić information content (AvgIpc) is 3.57. The van der Waals surface area contributed by atoms with Gasteiger partial charge in [-0.25, -0.2) is 0 Å². The van der Waals surface area contributed by atoms with Crippen LogP contribution in [0.2, 0.25) is 0 Å². The lowest BCUT2D eigenvalue weighted by atomic mass is 9.86. The number of aromatic amines is 1. The summed E-state index contributed by atoms with van der Waals surface area (Å²) >= 11 is 1.58. The van der Waals surface area contributed by atoms with Crippen LogP contribution in [0.4, 0.5) is 5.69 Å². The molecule has 0 bridgehead atoms. The number of rotatable bonds is 9. The molecule has 2 aliphatic rings. The molecule has 1 unspecified atom stereocenters. The lowest BCUT2D eigenvalue weighted by Gasteiger charge is -2.36. The van der Waals surface area contributed by atoms with Gasteiger partial charge in [0.25, 0.3) is 5.91 Å². The van der Waals surface area contributed by atoms with E-state index in [-0.39, 0.29) is 11.8 Å². The molecule has 6 rings (SSSR count). The molecular weight excluding hydrogens is 464 g/mol. The highest BCUT2D eigenvalue weighted by Crippen LogP contribution is 2.42.